The van der Waals surface area contributed by atoms with E-state index in [1.54, 1.807) is 0 Å². The van der Waals surface area contributed by atoms with Gasteiger partial charge in [0.15, 0.2) is 5.03 Å². The van der Waals surface area contributed by atoms with Crippen molar-refractivity contribution in [1.29, 1.82) is 0 Å². The highest BCUT2D eigenvalue weighted by atomic mass is 35.5. The molecule has 0 aromatic carbocycles. The molecule has 2 bridgehead atoms. The number of nitrogens with zero attached hydrogens (tertiary/aromatic N) is 1. The molecule has 102 valence electrons. The van der Waals surface area contributed by atoms with Gasteiger partial charge < -0.3 is 10.3 Å². The number of nitrogens with one attached hydrogen (secondary N) is 3. The van der Waals surface area contributed by atoms with Gasteiger partial charge >= 0.3 is 0 Å². The maximum atomic E-state index is 12.0. The van der Waals surface area contributed by atoms with Gasteiger partial charge in [-0.1, -0.05) is 0 Å². The molecule has 2 aliphatic rings. The number of H-pyrrole nitrogens is 1. The lowest BCUT2D eigenvalue weighted by molar-refractivity contribution is 0.345. The summed E-state index contributed by atoms with van der Waals surface area (Å²) in [5.74, 6) is 0. The van der Waals surface area contributed by atoms with Crippen LogP contribution in [-0.2, 0) is 10.0 Å². The van der Waals surface area contributed by atoms with E-state index in [4.69, 9.17) is 0 Å². The first-order chi connectivity index (χ1) is 8.13. The third-order valence-corrected chi connectivity index (χ3v) is 5.00. The summed E-state index contributed by atoms with van der Waals surface area (Å²) in [6, 6.07) is 0.994. The van der Waals surface area contributed by atoms with Crippen molar-refractivity contribution in [1.82, 2.24) is 20.0 Å². The van der Waals surface area contributed by atoms with E-state index in [1.807, 2.05) is 0 Å². The molecule has 2 unspecified atom stereocenters. The Bertz CT molecular complexity index is 478. The minimum atomic E-state index is -3.43. The van der Waals surface area contributed by atoms with Crippen molar-refractivity contribution >= 4 is 22.4 Å². The zero-order valence-corrected chi connectivity index (χ0v) is 11.4. The topological polar surface area (TPSA) is 86.9 Å². The minimum Gasteiger partial charge on any atom is -0.335 e. The minimum absolute atomic E-state index is 0. The summed E-state index contributed by atoms with van der Waals surface area (Å²) in [4.78, 5) is 6.36. The SMILES string of the molecule is Cl.O=S(=O)(NC1CC2CCC(C1)N2)c1cnc[nH]1. The Morgan fingerprint density at radius 2 is 1.94 bits per heavy atom. The van der Waals surface area contributed by atoms with Crippen LogP contribution in [0.25, 0.3) is 0 Å². The first kappa shape index (κ1) is 13.8. The summed E-state index contributed by atoms with van der Waals surface area (Å²) in [5.41, 5.74) is 0. The van der Waals surface area contributed by atoms with Crippen LogP contribution in [0.1, 0.15) is 25.7 Å². The molecule has 18 heavy (non-hydrogen) atoms. The third-order valence-electron chi connectivity index (χ3n) is 3.56. The highest BCUT2D eigenvalue weighted by Gasteiger charge is 2.35. The normalized spacial score (nSPS) is 31.0. The van der Waals surface area contributed by atoms with Gasteiger partial charge in [-0.3, -0.25) is 0 Å². The van der Waals surface area contributed by atoms with Gasteiger partial charge in [0.1, 0.15) is 0 Å². The number of aromatic nitrogens is 2. The monoisotopic (exact) mass is 292 g/mol. The fourth-order valence-corrected chi connectivity index (χ4v) is 3.99. The van der Waals surface area contributed by atoms with E-state index in [-0.39, 0.29) is 23.5 Å². The molecular formula is C10H17ClN4O2S. The van der Waals surface area contributed by atoms with Crippen LogP contribution in [0.2, 0.25) is 0 Å². The molecule has 2 aliphatic heterocycles. The molecule has 3 rings (SSSR count). The number of aromatic amines is 1. The Morgan fingerprint density at radius 3 is 2.50 bits per heavy atom. The first-order valence-corrected chi connectivity index (χ1v) is 7.38. The van der Waals surface area contributed by atoms with Crippen LogP contribution < -0.4 is 10.0 Å². The molecular weight excluding hydrogens is 276 g/mol. The van der Waals surface area contributed by atoms with Crippen molar-refractivity contribution in [3.63, 3.8) is 0 Å². The largest absolute Gasteiger partial charge is 0.335 e. The van der Waals surface area contributed by atoms with Crippen LogP contribution in [0.4, 0.5) is 0 Å². The molecule has 1 aromatic rings. The zero-order chi connectivity index (χ0) is 11.9. The van der Waals surface area contributed by atoms with Gasteiger partial charge in [0.25, 0.3) is 10.0 Å². The molecule has 2 fully saturated rings. The van der Waals surface area contributed by atoms with Crippen LogP contribution in [0, 0.1) is 0 Å². The van der Waals surface area contributed by atoms with Crippen LogP contribution in [0.5, 0.6) is 0 Å². The average Bonchev–Trinajstić information content (AvgIpc) is 2.88. The van der Waals surface area contributed by atoms with Crippen molar-refractivity contribution in [3.05, 3.63) is 12.5 Å². The van der Waals surface area contributed by atoms with Gasteiger partial charge in [-0.05, 0) is 25.7 Å². The summed E-state index contributed by atoms with van der Waals surface area (Å²) in [5, 5.41) is 3.63. The highest BCUT2D eigenvalue weighted by molar-refractivity contribution is 7.89. The number of piperidine rings is 1. The molecule has 3 heterocycles. The Balaban J connectivity index is 0.00000120. The molecule has 0 aliphatic carbocycles. The molecule has 3 N–H and O–H groups in total. The number of hydrogen-bond acceptors (Lipinski definition) is 4. The van der Waals surface area contributed by atoms with E-state index in [1.165, 1.54) is 12.5 Å². The van der Waals surface area contributed by atoms with E-state index >= 15 is 0 Å². The number of fused-ring (bicyclic) bond motifs is 2. The molecule has 0 amide bonds. The standard InChI is InChI=1S/C10H16N4O2S.ClH/c15-17(16,10-5-11-6-12-10)14-9-3-7-1-2-8(4-9)13-7;/h5-9,13-14H,1-4H2,(H,11,12);1H. The number of hydrogen-bond donors (Lipinski definition) is 3. The lowest BCUT2D eigenvalue weighted by Gasteiger charge is -2.29. The first-order valence-electron chi connectivity index (χ1n) is 5.90. The smallest absolute Gasteiger partial charge is 0.257 e. The molecule has 8 heteroatoms. The molecule has 2 saturated heterocycles. The predicted octanol–water partition coefficient (Wildman–Crippen LogP) is 0.393. The highest BCUT2D eigenvalue weighted by Crippen LogP contribution is 2.27. The average molecular weight is 293 g/mol. The summed E-state index contributed by atoms with van der Waals surface area (Å²) in [6.07, 6.45) is 6.78. The second kappa shape index (κ2) is 5.16. The number of sulfonamides is 1. The maximum absolute atomic E-state index is 12.0. The van der Waals surface area contributed by atoms with Crippen molar-refractivity contribution < 1.29 is 8.42 Å². The second-order valence-corrected chi connectivity index (χ2v) is 6.53. The molecule has 1 aromatic heterocycles. The predicted molar refractivity (Wildman–Crippen MR) is 69.1 cm³/mol. The number of rotatable bonds is 3. The van der Waals surface area contributed by atoms with Crippen molar-refractivity contribution in [3.8, 4) is 0 Å². The Hall–Kier alpha value is -0.630. The molecule has 2 atom stereocenters. The lowest BCUT2D eigenvalue weighted by atomic mass is 10.0. The van der Waals surface area contributed by atoms with E-state index < -0.39 is 10.0 Å². The fourth-order valence-electron chi connectivity index (χ4n) is 2.83. The van der Waals surface area contributed by atoms with Crippen LogP contribution in [0.15, 0.2) is 17.6 Å². The van der Waals surface area contributed by atoms with Gasteiger partial charge in [0, 0.05) is 18.1 Å². The van der Waals surface area contributed by atoms with Crippen molar-refractivity contribution in [2.45, 2.75) is 48.8 Å². The van der Waals surface area contributed by atoms with E-state index in [2.05, 4.69) is 20.0 Å². The van der Waals surface area contributed by atoms with Crippen molar-refractivity contribution in [2.24, 2.45) is 0 Å². The van der Waals surface area contributed by atoms with E-state index in [0.29, 0.717) is 12.1 Å². The third kappa shape index (κ3) is 2.69. The summed E-state index contributed by atoms with van der Waals surface area (Å²) in [6.45, 7) is 0. The van der Waals surface area contributed by atoms with Gasteiger partial charge in [-0.15, -0.1) is 12.4 Å². The molecule has 6 nitrogen and oxygen atoms in total. The van der Waals surface area contributed by atoms with Gasteiger partial charge in [0.2, 0.25) is 0 Å². The quantitative estimate of drug-likeness (QED) is 0.752. The summed E-state index contributed by atoms with van der Waals surface area (Å²) < 4.78 is 26.7. The lowest BCUT2D eigenvalue weighted by Crippen LogP contribution is -2.47. The maximum Gasteiger partial charge on any atom is 0.257 e. The Morgan fingerprint density at radius 1 is 1.28 bits per heavy atom. The van der Waals surface area contributed by atoms with Gasteiger partial charge in [-0.25, -0.2) is 18.1 Å². The number of imidazole rings is 1. The fraction of sp³-hybridized carbons (Fsp3) is 0.700. The van der Waals surface area contributed by atoms with Crippen LogP contribution >= 0.6 is 12.4 Å². The Labute approximate surface area is 112 Å². The van der Waals surface area contributed by atoms with Gasteiger partial charge in [-0.2, -0.15) is 0 Å². The summed E-state index contributed by atoms with van der Waals surface area (Å²) >= 11 is 0. The van der Waals surface area contributed by atoms with Gasteiger partial charge in [0.05, 0.1) is 12.5 Å². The van der Waals surface area contributed by atoms with E-state index in [0.717, 1.165) is 25.7 Å². The van der Waals surface area contributed by atoms with Crippen molar-refractivity contribution in [2.75, 3.05) is 0 Å². The second-order valence-electron chi connectivity index (χ2n) is 4.84. The Kier molecular flexibility index (Phi) is 3.96. The van der Waals surface area contributed by atoms with Crippen LogP contribution in [0.3, 0.4) is 0 Å². The summed E-state index contributed by atoms with van der Waals surface area (Å²) in [7, 11) is -3.43. The number of halogens is 1. The molecule has 0 spiro atoms. The van der Waals surface area contributed by atoms with E-state index in [9.17, 15) is 8.42 Å². The van der Waals surface area contributed by atoms with Crippen LogP contribution in [-0.4, -0.2) is 36.5 Å². The molecule has 0 saturated carbocycles. The molecule has 0 radical (unpaired) electrons. The zero-order valence-electron chi connectivity index (χ0n) is 9.80.